The lowest BCUT2D eigenvalue weighted by Crippen LogP contribution is -2.37. The normalized spacial score (nSPS) is 11.9. The molecule has 4 rings (SSSR count). The van der Waals surface area contributed by atoms with E-state index in [9.17, 15) is 19.2 Å². The van der Waals surface area contributed by atoms with Gasteiger partial charge in [0, 0.05) is 18.2 Å². The van der Waals surface area contributed by atoms with Gasteiger partial charge in [-0.25, -0.2) is 4.79 Å². The second kappa shape index (κ2) is 16.2. The molecule has 12 heteroatoms. The Morgan fingerprint density at radius 1 is 0.783 bits per heavy atom. The minimum Gasteiger partial charge on any atom is -0.497 e. The van der Waals surface area contributed by atoms with Crippen molar-refractivity contribution in [3.8, 4) is 11.5 Å². The molecule has 0 radical (unpaired) electrons. The highest BCUT2D eigenvalue weighted by Gasteiger charge is 2.38. The number of esters is 1. The third-order valence-corrected chi connectivity index (χ3v) is 7.21. The van der Waals surface area contributed by atoms with Crippen LogP contribution in [0.2, 0.25) is 0 Å². The first-order chi connectivity index (χ1) is 22.2. The smallest absolute Gasteiger partial charge is 0.330 e. The lowest BCUT2D eigenvalue weighted by atomic mass is 9.80. The zero-order valence-electron chi connectivity index (χ0n) is 25.5. The van der Waals surface area contributed by atoms with Crippen molar-refractivity contribution in [3.63, 3.8) is 0 Å². The molecule has 0 saturated carbocycles. The Hall–Kier alpha value is -5.20. The molecule has 0 fully saturated rings. The van der Waals surface area contributed by atoms with E-state index in [1.54, 1.807) is 14.2 Å². The lowest BCUT2D eigenvalue weighted by molar-refractivity contribution is -0.150. The summed E-state index contributed by atoms with van der Waals surface area (Å²) in [6.45, 7) is -0.317. The van der Waals surface area contributed by atoms with E-state index in [4.69, 9.17) is 28.8 Å². The molecule has 0 aliphatic heterocycles. The number of nitrogens with one attached hydrogen (secondary N) is 1. The first-order valence-corrected chi connectivity index (χ1v) is 14.5. The molecule has 0 unspecified atom stereocenters. The minimum absolute atomic E-state index is 0.00608. The summed E-state index contributed by atoms with van der Waals surface area (Å²) in [7, 11) is 3.17. The fourth-order valence-electron chi connectivity index (χ4n) is 4.82. The molecule has 4 aromatic rings. The molecule has 0 spiro atoms. The summed E-state index contributed by atoms with van der Waals surface area (Å²) in [5.74, 6) is -1.01. The number of ether oxygens (including phenoxy) is 5. The third-order valence-electron chi connectivity index (χ3n) is 7.21. The summed E-state index contributed by atoms with van der Waals surface area (Å²) in [5.41, 5.74) is 0.0901. The largest absolute Gasteiger partial charge is 0.497 e. The third kappa shape index (κ3) is 8.71. The second-order valence-corrected chi connectivity index (χ2v) is 10.3. The van der Waals surface area contributed by atoms with Crippen molar-refractivity contribution >= 4 is 11.9 Å². The summed E-state index contributed by atoms with van der Waals surface area (Å²) in [4.78, 5) is 49.0. The number of carbonyl (C=O) groups excluding carboxylic acids is 1. The van der Waals surface area contributed by atoms with Gasteiger partial charge >= 0.3 is 17.6 Å². The number of aromatic amines is 1. The van der Waals surface area contributed by atoms with Crippen molar-refractivity contribution in [1.29, 1.82) is 0 Å². The summed E-state index contributed by atoms with van der Waals surface area (Å²) in [6.07, 6.45) is 0.659. The zero-order valence-corrected chi connectivity index (χ0v) is 25.5. The topological polar surface area (TPSA) is 155 Å². The Balaban J connectivity index is 1.68. The minimum atomic E-state index is -1.15. The second-order valence-electron chi connectivity index (χ2n) is 10.3. The van der Waals surface area contributed by atoms with Crippen LogP contribution in [-0.2, 0) is 36.1 Å². The number of aromatic nitrogens is 2. The van der Waals surface area contributed by atoms with Gasteiger partial charge < -0.3 is 28.8 Å². The Kier molecular flexibility index (Phi) is 11.9. The fourth-order valence-corrected chi connectivity index (χ4v) is 4.82. The summed E-state index contributed by atoms with van der Waals surface area (Å²) in [5, 5.41) is 8.95. The maximum Gasteiger partial charge on any atom is 0.330 e. The van der Waals surface area contributed by atoms with Crippen LogP contribution in [0.5, 0.6) is 11.5 Å². The van der Waals surface area contributed by atoms with Gasteiger partial charge in [-0.2, -0.15) is 0 Å². The van der Waals surface area contributed by atoms with Gasteiger partial charge in [0.15, 0.2) is 0 Å². The molecular weight excluding hydrogens is 596 g/mol. The van der Waals surface area contributed by atoms with E-state index in [1.807, 2.05) is 78.9 Å². The summed E-state index contributed by atoms with van der Waals surface area (Å²) in [6, 6.07) is 25.8. The Labute approximate surface area is 265 Å². The average Bonchev–Trinajstić information content (AvgIpc) is 3.08. The van der Waals surface area contributed by atoms with Gasteiger partial charge in [0.25, 0.3) is 5.56 Å². The van der Waals surface area contributed by atoms with Crippen LogP contribution in [-0.4, -0.2) is 60.6 Å². The van der Waals surface area contributed by atoms with Crippen LogP contribution in [0.4, 0.5) is 0 Å². The lowest BCUT2D eigenvalue weighted by Gasteiger charge is -2.37. The molecule has 3 aromatic carbocycles. The number of carboxylic acid groups (broad SMARTS) is 1. The van der Waals surface area contributed by atoms with Crippen LogP contribution < -0.4 is 20.7 Å². The van der Waals surface area contributed by atoms with E-state index >= 15 is 0 Å². The van der Waals surface area contributed by atoms with Gasteiger partial charge in [-0.3, -0.25) is 23.9 Å². The Morgan fingerprint density at radius 2 is 1.37 bits per heavy atom. The van der Waals surface area contributed by atoms with Crippen LogP contribution >= 0.6 is 0 Å². The number of hydrogen-bond donors (Lipinski definition) is 2. The molecule has 0 aliphatic carbocycles. The summed E-state index contributed by atoms with van der Waals surface area (Å²) >= 11 is 0. The number of rotatable bonds is 17. The monoisotopic (exact) mass is 632 g/mol. The number of nitrogens with zero attached hydrogens (tertiary/aromatic N) is 1. The number of aliphatic carboxylic acids is 1. The first-order valence-electron chi connectivity index (χ1n) is 14.5. The van der Waals surface area contributed by atoms with Gasteiger partial charge in [-0.05, 0) is 41.0 Å². The standard InChI is InChI=1S/C34H36N2O10/c1-42-28-12-8-26(9-13-28)34(25-6-4-3-5-7-25,27-10-14-29(43-2)15-11-27)46-22-24(21-45-32(40)17-16-31(38)39)20-44-23-36-19-18-30(37)35-33(36)41/h3-15,18-19,24H,16-17,20-23H2,1-2H3,(H,38,39)(H,35,37,41)/t24-/m1/s1. The predicted octanol–water partition coefficient (Wildman–Crippen LogP) is 3.56. The first kappa shape index (κ1) is 33.7. The van der Waals surface area contributed by atoms with Gasteiger partial charge in [0.1, 0.15) is 23.8 Å². The van der Waals surface area contributed by atoms with Crippen molar-refractivity contribution < 1.29 is 38.4 Å². The van der Waals surface area contributed by atoms with Crippen LogP contribution in [0.25, 0.3) is 0 Å². The van der Waals surface area contributed by atoms with Crippen molar-refractivity contribution in [2.45, 2.75) is 25.2 Å². The Bertz CT molecular complexity index is 1630. The van der Waals surface area contributed by atoms with E-state index in [2.05, 4.69) is 4.98 Å². The number of H-pyrrole nitrogens is 1. The highest BCUT2D eigenvalue weighted by molar-refractivity contribution is 5.76. The van der Waals surface area contributed by atoms with Crippen LogP contribution in [0.3, 0.4) is 0 Å². The van der Waals surface area contributed by atoms with E-state index in [1.165, 1.54) is 16.8 Å². The van der Waals surface area contributed by atoms with Crippen molar-refractivity contribution in [1.82, 2.24) is 9.55 Å². The van der Waals surface area contributed by atoms with Gasteiger partial charge in [0.05, 0.1) is 46.9 Å². The molecule has 242 valence electrons. The molecule has 0 saturated heterocycles. The van der Waals surface area contributed by atoms with Crippen LogP contribution in [0, 0.1) is 5.92 Å². The molecule has 1 atom stereocenters. The van der Waals surface area contributed by atoms with Gasteiger partial charge in [-0.15, -0.1) is 0 Å². The van der Waals surface area contributed by atoms with E-state index in [0.29, 0.717) is 11.5 Å². The molecule has 46 heavy (non-hydrogen) atoms. The van der Waals surface area contributed by atoms with Crippen molar-refractivity contribution in [3.05, 3.63) is 129 Å². The van der Waals surface area contributed by atoms with Crippen LogP contribution in [0.1, 0.15) is 29.5 Å². The molecule has 1 heterocycles. The fraction of sp³-hybridized carbons (Fsp3) is 0.294. The highest BCUT2D eigenvalue weighted by Crippen LogP contribution is 2.42. The molecular formula is C34H36N2O10. The maximum atomic E-state index is 12.3. The quantitative estimate of drug-likeness (QED) is 0.130. The number of carbonyl (C=O) groups is 2. The molecule has 0 amide bonds. The SMILES string of the molecule is COc1ccc(C(OC[C@H](COCn2ccc(=O)[nH]c2=O)COC(=O)CCC(=O)O)(c2ccccc2)c2ccc(OC)cc2)cc1. The average molecular weight is 633 g/mol. The molecule has 12 nitrogen and oxygen atoms in total. The van der Waals surface area contributed by atoms with Crippen molar-refractivity contribution in [2.75, 3.05) is 34.0 Å². The van der Waals surface area contributed by atoms with E-state index in [0.717, 1.165) is 16.7 Å². The maximum absolute atomic E-state index is 12.3. The summed E-state index contributed by atoms with van der Waals surface area (Å²) < 4.78 is 30.1. The van der Waals surface area contributed by atoms with Crippen LogP contribution in [0.15, 0.2) is 101 Å². The number of methoxy groups -OCH3 is 2. The molecule has 0 bridgehead atoms. The number of benzene rings is 3. The number of hydrogen-bond acceptors (Lipinski definition) is 9. The molecule has 2 N–H and O–H groups in total. The molecule has 1 aromatic heterocycles. The number of carboxylic acids is 1. The van der Waals surface area contributed by atoms with Crippen molar-refractivity contribution in [2.24, 2.45) is 5.92 Å². The van der Waals surface area contributed by atoms with E-state index in [-0.39, 0.29) is 39.4 Å². The highest BCUT2D eigenvalue weighted by atomic mass is 16.5. The van der Waals surface area contributed by atoms with E-state index < -0.39 is 34.7 Å². The molecule has 0 aliphatic rings. The zero-order chi connectivity index (χ0) is 32.9. The Morgan fingerprint density at radius 3 is 1.91 bits per heavy atom. The predicted molar refractivity (Wildman–Crippen MR) is 167 cm³/mol. The van der Waals surface area contributed by atoms with Gasteiger partial charge in [0.2, 0.25) is 0 Å². The van der Waals surface area contributed by atoms with Gasteiger partial charge in [-0.1, -0.05) is 54.6 Å².